The second-order valence-electron chi connectivity index (χ2n) is 4.64. The highest BCUT2D eigenvalue weighted by Gasteiger charge is 2.20. The molecule has 0 unspecified atom stereocenters. The highest BCUT2D eigenvalue weighted by atomic mass is 16.2. The van der Waals surface area contributed by atoms with Crippen LogP contribution in [0.4, 0.5) is 0 Å². The molecule has 94 valence electrons. The molecule has 0 saturated carbocycles. The molecule has 1 rings (SSSR count). The average Bonchev–Trinajstić information content (AvgIpc) is 2.35. The minimum absolute atomic E-state index is 0.00839. The number of carbonyl (C=O) groups is 1. The number of likely N-dealkylation sites (N-methyl/N-ethyl adjacent to an activating group) is 1. The molecule has 0 bridgehead atoms. The van der Waals surface area contributed by atoms with Gasteiger partial charge in [-0.2, -0.15) is 0 Å². The third-order valence-electron chi connectivity index (χ3n) is 2.86. The molecule has 1 atom stereocenters. The zero-order valence-corrected chi connectivity index (χ0v) is 10.8. The molecule has 1 aromatic rings. The highest BCUT2D eigenvalue weighted by Crippen LogP contribution is 2.04. The van der Waals surface area contributed by atoms with Crippen molar-refractivity contribution in [2.24, 2.45) is 11.7 Å². The Bertz CT molecular complexity index is 351. The van der Waals surface area contributed by atoms with Gasteiger partial charge in [0, 0.05) is 26.0 Å². The number of aromatic nitrogens is 1. The fourth-order valence-electron chi connectivity index (χ4n) is 1.50. The zero-order chi connectivity index (χ0) is 12.8. The monoisotopic (exact) mass is 235 g/mol. The van der Waals surface area contributed by atoms with Crippen LogP contribution in [0.5, 0.6) is 0 Å². The largest absolute Gasteiger partial charge is 0.344 e. The van der Waals surface area contributed by atoms with Gasteiger partial charge in [0.2, 0.25) is 5.91 Å². The van der Waals surface area contributed by atoms with Gasteiger partial charge in [-0.25, -0.2) is 0 Å². The Morgan fingerprint density at radius 3 is 2.53 bits per heavy atom. The molecule has 0 aliphatic carbocycles. The average molecular weight is 235 g/mol. The minimum atomic E-state index is -0.405. The smallest absolute Gasteiger partial charge is 0.239 e. The van der Waals surface area contributed by atoms with E-state index in [1.807, 2.05) is 26.0 Å². The Balaban J connectivity index is 2.45. The van der Waals surface area contributed by atoms with Gasteiger partial charge in [0.05, 0.1) is 6.04 Å². The van der Waals surface area contributed by atoms with Crippen LogP contribution in [-0.4, -0.2) is 35.4 Å². The predicted molar refractivity (Wildman–Crippen MR) is 68.4 cm³/mol. The van der Waals surface area contributed by atoms with Crippen molar-refractivity contribution >= 4 is 5.91 Å². The van der Waals surface area contributed by atoms with Gasteiger partial charge in [-0.15, -0.1) is 0 Å². The fraction of sp³-hybridized carbons (Fsp3) is 0.538. The van der Waals surface area contributed by atoms with E-state index in [4.69, 9.17) is 5.73 Å². The summed E-state index contributed by atoms with van der Waals surface area (Å²) in [6.07, 6.45) is 4.35. The van der Waals surface area contributed by atoms with E-state index in [9.17, 15) is 4.79 Å². The van der Waals surface area contributed by atoms with Crippen molar-refractivity contribution in [3.8, 4) is 0 Å². The molecule has 0 saturated heterocycles. The SMILES string of the molecule is CC(C)[C@H](N)C(=O)N(C)CCc1ccncc1. The third-order valence-corrected chi connectivity index (χ3v) is 2.86. The number of hydrogen-bond acceptors (Lipinski definition) is 3. The number of carbonyl (C=O) groups excluding carboxylic acids is 1. The maximum atomic E-state index is 11.9. The number of nitrogens with zero attached hydrogens (tertiary/aromatic N) is 2. The first-order valence-corrected chi connectivity index (χ1v) is 5.92. The van der Waals surface area contributed by atoms with E-state index in [1.54, 1.807) is 24.3 Å². The van der Waals surface area contributed by atoms with E-state index >= 15 is 0 Å². The first kappa shape index (κ1) is 13.6. The van der Waals surface area contributed by atoms with E-state index in [2.05, 4.69) is 4.98 Å². The molecule has 0 aliphatic heterocycles. The van der Waals surface area contributed by atoms with Crippen LogP contribution in [0.15, 0.2) is 24.5 Å². The summed E-state index contributed by atoms with van der Waals surface area (Å²) in [7, 11) is 1.80. The van der Waals surface area contributed by atoms with Gasteiger partial charge in [0.1, 0.15) is 0 Å². The van der Waals surface area contributed by atoms with Crippen LogP contribution in [0.25, 0.3) is 0 Å². The Morgan fingerprint density at radius 1 is 1.41 bits per heavy atom. The van der Waals surface area contributed by atoms with Gasteiger partial charge in [-0.05, 0) is 30.0 Å². The van der Waals surface area contributed by atoms with Crippen LogP contribution in [0.2, 0.25) is 0 Å². The minimum Gasteiger partial charge on any atom is -0.344 e. The maximum absolute atomic E-state index is 11.9. The topological polar surface area (TPSA) is 59.2 Å². The van der Waals surface area contributed by atoms with E-state index < -0.39 is 6.04 Å². The lowest BCUT2D eigenvalue weighted by Crippen LogP contribution is -2.45. The second kappa shape index (κ2) is 6.35. The van der Waals surface area contributed by atoms with Crippen molar-refractivity contribution in [2.75, 3.05) is 13.6 Å². The molecule has 1 heterocycles. The normalized spacial score (nSPS) is 12.5. The van der Waals surface area contributed by atoms with E-state index in [1.165, 1.54) is 5.56 Å². The number of pyridine rings is 1. The zero-order valence-electron chi connectivity index (χ0n) is 10.8. The molecule has 0 aromatic carbocycles. The summed E-state index contributed by atoms with van der Waals surface area (Å²) in [6.45, 7) is 4.60. The summed E-state index contributed by atoms with van der Waals surface area (Å²) in [5.74, 6) is 0.180. The lowest BCUT2D eigenvalue weighted by atomic mass is 10.0. The van der Waals surface area contributed by atoms with Crippen molar-refractivity contribution in [1.29, 1.82) is 0 Å². The Hall–Kier alpha value is -1.42. The molecular formula is C13H21N3O. The van der Waals surface area contributed by atoms with Crippen LogP contribution in [0, 0.1) is 5.92 Å². The number of hydrogen-bond donors (Lipinski definition) is 1. The number of nitrogens with two attached hydrogens (primary N) is 1. The molecule has 0 spiro atoms. The lowest BCUT2D eigenvalue weighted by Gasteiger charge is -2.23. The lowest BCUT2D eigenvalue weighted by molar-refractivity contribution is -0.132. The van der Waals surface area contributed by atoms with Crippen LogP contribution >= 0.6 is 0 Å². The molecule has 0 aliphatic rings. The summed E-state index contributed by atoms with van der Waals surface area (Å²) in [5.41, 5.74) is 7.01. The summed E-state index contributed by atoms with van der Waals surface area (Å²) in [4.78, 5) is 17.6. The number of rotatable bonds is 5. The second-order valence-corrected chi connectivity index (χ2v) is 4.64. The Morgan fingerprint density at radius 2 is 2.00 bits per heavy atom. The summed E-state index contributed by atoms with van der Waals surface area (Å²) in [6, 6.07) is 3.51. The molecule has 2 N–H and O–H groups in total. The van der Waals surface area contributed by atoms with Crippen molar-refractivity contribution in [3.05, 3.63) is 30.1 Å². The molecule has 4 nitrogen and oxygen atoms in total. The van der Waals surface area contributed by atoms with Crippen molar-refractivity contribution in [3.63, 3.8) is 0 Å². The van der Waals surface area contributed by atoms with Crippen molar-refractivity contribution in [2.45, 2.75) is 26.3 Å². The van der Waals surface area contributed by atoms with E-state index in [0.717, 1.165) is 6.42 Å². The predicted octanol–water partition coefficient (Wildman–Crippen LogP) is 1.07. The maximum Gasteiger partial charge on any atom is 0.239 e. The summed E-state index contributed by atoms with van der Waals surface area (Å²) < 4.78 is 0. The van der Waals surface area contributed by atoms with Gasteiger partial charge in [0.25, 0.3) is 0 Å². The molecular weight excluding hydrogens is 214 g/mol. The van der Waals surface area contributed by atoms with E-state index in [-0.39, 0.29) is 11.8 Å². The van der Waals surface area contributed by atoms with Gasteiger partial charge in [-0.3, -0.25) is 9.78 Å². The van der Waals surface area contributed by atoms with Crippen LogP contribution in [0.1, 0.15) is 19.4 Å². The van der Waals surface area contributed by atoms with E-state index in [0.29, 0.717) is 6.54 Å². The molecule has 17 heavy (non-hydrogen) atoms. The van der Waals surface area contributed by atoms with Gasteiger partial charge < -0.3 is 10.6 Å². The Labute approximate surface area is 103 Å². The van der Waals surface area contributed by atoms with Crippen LogP contribution in [0.3, 0.4) is 0 Å². The summed E-state index contributed by atoms with van der Waals surface area (Å²) >= 11 is 0. The molecule has 0 radical (unpaired) electrons. The molecule has 4 heteroatoms. The van der Waals surface area contributed by atoms with Crippen molar-refractivity contribution < 1.29 is 4.79 Å². The highest BCUT2D eigenvalue weighted by molar-refractivity contribution is 5.81. The quantitative estimate of drug-likeness (QED) is 0.830. The number of amides is 1. The molecule has 1 aromatic heterocycles. The van der Waals surface area contributed by atoms with Crippen LogP contribution < -0.4 is 5.73 Å². The van der Waals surface area contributed by atoms with Crippen molar-refractivity contribution in [1.82, 2.24) is 9.88 Å². The first-order valence-electron chi connectivity index (χ1n) is 5.92. The molecule has 1 amide bonds. The standard InChI is InChI=1S/C13H21N3O/c1-10(2)12(14)13(17)16(3)9-6-11-4-7-15-8-5-11/h4-5,7-8,10,12H,6,9,14H2,1-3H3/t12-/m0/s1. The van der Waals surface area contributed by atoms with Gasteiger partial charge >= 0.3 is 0 Å². The first-order chi connectivity index (χ1) is 8.02. The molecule has 0 fully saturated rings. The van der Waals surface area contributed by atoms with Gasteiger partial charge in [-0.1, -0.05) is 13.8 Å². The van der Waals surface area contributed by atoms with Gasteiger partial charge in [0.15, 0.2) is 0 Å². The summed E-state index contributed by atoms with van der Waals surface area (Å²) in [5, 5.41) is 0. The Kier molecular flexibility index (Phi) is 5.10. The fourth-order valence-corrected chi connectivity index (χ4v) is 1.50. The third kappa shape index (κ3) is 4.15. The van der Waals surface area contributed by atoms with Crippen LogP contribution in [-0.2, 0) is 11.2 Å².